The first-order valence-corrected chi connectivity index (χ1v) is 7.37. The number of hydrogen-bond acceptors (Lipinski definition) is 3. The molecule has 21 heavy (non-hydrogen) atoms. The van der Waals surface area contributed by atoms with Gasteiger partial charge in [0.15, 0.2) is 17.3 Å². The van der Waals surface area contributed by atoms with Crippen molar-refractivity contribution in [3.8, 4) is 11.5 Å². The smallest absolute Gasteiger partial charge is 0.193 e. The van der Waals surface area contributed by atoms with Crippen LogP contribution in [0.2, 0.25) is 5.02 Å². The molecule has 0 bridgehead atoms. The number of ketones is 1. The summed E-state index contributed by atoms with van der Waals surface area (Å²) in [6.45, 7) is 1.86. The lowest BCUT2D eigenvalue weighted by Gasteiger charge is -2.12. The molecule has 2 aromatic carbocycles. The van der Waals surface area contributed by atoms with E-state index in [2.05, 4.69) is 15.9 Å². The molecule has 2 aromatic rings. The third kappa shape index (κ3) is 3.22. The van der Waals surface area contributed by atoms with E-state index in [1.807, 2.05) is 6.92 Å². The van der Waals surface area contributed by atoms with E-state index in [-0.39, 0.29) is 5.78 Å². The van der Waals surface area contributed by atoms with Crippen LogP contribution in [0.15, 0.2) is 34.8 Å². The van der Waals surface area contributed by atoms with Gasteiger partial charge in [0.25, 0.3) is 0 Å². The molecule has 0 aliphatic heterocycles. The Hall–Kier alpha value is -1.52. The van der Waals surface area contributed by atoms with Crippen LogP contribution in [0.1, 0.15) is 21.5 Å². The van der Waals surface area contributed by atoms with Crippen LogP contribution in [0.4, 0.5) is 0 Å². The molecule has 0 unspecified atom stereocenters. The van der Waals surface area contributed by atoms with Crippen molar-refractivity contribution in [3.05, 3.63) is 56.5 Å². The maximum atomic E-state index is 12.6. The minimum atomic E-state index is -0.108. The molecular weight excluding hydrogens is 356 g/mol. The van der Waals surface area contributed by atoms with Crippen LogP contribution in [0.5, 0.6) is 11.5 Å². The summed E-state index contributed by atoms with van der Waals surface area (Å²) in [6, 6.07) is 8.60. The van der Waals surface area contributed by atoms with Gasteiger partial charge in [-0.3, -0.25) is 4.79 Å². The first-order chi connectivity index (χ1) is 9.97. The predicted molar refractivity (Wildman–Crippen MR) is 86.9 cm³/mol. The molecule has 0 N–H and O–H groups in total. The molecule has 0 aliphatic carbocycles. The largest absolute Gasteiger partial charge is 0.493 e. The fourth-order valence-corrected chi connectivity index (χ4v) is 2.45. The summed E-state index contributed by atoms with van der Waals surface area (Å²) in [4.78, 5) is 12.6. The van der Waals surface area contributed by atoms with Crippen LogP contribution in [-0.4, -0.2) is 20.0 Å². The summed E-state index contributed by atoms with van der Waals surface area (Å²) >= 11 is 9.36. The first-order valence-electron chi connectivity index (χ1n) is 6.20. The minimum Gasteiger partial charge on any atom is -0.493 e. The molecule has 0 atom stereocenters. The molecule has 0 spiro atoms. The van der Waals surface area contributed by atoms with Gasteiger partial charge in [0.05, 0.1) is 19.2 Å². The van der Waals surface area contributed by atoms with Crippen molar-refractivity contribution in [1.82, 2.24) is 0 Å². The Morgan fingerprint density at radius 1 is 1.10 bits per heavy atom. The molecule has 5 heteroatoms. The topological polar surface area (TPSA) is 35.5 Å². The average Bonchev–Trinajstić information content (AvgIpc) is 2.49. The minimum absolute atomic E-state index is 0.108. The molecular formula is C16H14BrClO3. The van der Waals surface area contributed by atoms with Crippen molar-refractivity contribution >= 4 is 33.3 Å². The maximum Gasteiger partial charge on any atom is 0.193 e. The van der Waals surface area contributed by atoms with Crippen LogP contribution >= 0.6 is 27.5 Å². The highest BCUT2D eigenvalue weighted by Crippen LogP contribution is 2.32. The summed E-state index contributed by atoms with van der Waals surface area (Å²) in [7, 11) is 3.10. The zero-order valence-corrected chi connectivity index (χ0v) is 14.2. The van der Waals surface area contributed by atoms with Crippen LogP contribution in [-0.2, 0) is 0 Å². The summed E-state index contributed by atoms with van der Waals surface area (Å²) < 4.78 is 11.2. The van der Waals surface area contributed by atoms with E-state index in [9.17, 15) is 4.79 Å². The van der Waals surface area contributed by atoms with Crippen molar-refractivity contribution in [2.24, 2.45) is 0 Å². The highest BCUT2D eigenvalue weighted by atomic mass is 79.9. The first kappa shape index (κ1) is 15.9. The number of benzene rings is 2. The van der Waals surface area contributed by atoms with E-state index < -0.39 is 0 Å². The van der Waals surface area contributed by atoms with E-state index in [4.69, 9.17) is 21.1 Å². The summed E-state index contributed by atoms with van der Waals surface area (Å²) in [5.74, 6) is 1.01. The lowest BCUT2D eigenvalue weighted by atomic mass is 9.98. The van der Waals surface area contributed by atoms with Crippen LogP contribution in [0.3, 0.4) is 0 Å². The molecule has 0 saturated carbocycles. The third-order valence-corrected chi connectivity index (χ3v) is 4.39. The van der Waals surface area contributed by atoms with Gasteiger partial charge < -0.3 is 9.47 Å². The Labute approximate surface area is 137 Å². The number of aryl methyl sites for hydroxylation is 1. The molecule has 3 nitrogen and oxygen atoms in total. The lowest BCUT2D eigenvalue weighted by molar-refractivity contribution is 0.103. The third-order valence-electron chi connectivity index (χ3n) is 3.16. The van der Waals surface area contributed by atoms with Crippen molar-refractivity contribution in [3.63, 3.8) is 0 Å². The second-order valence-corrected chi connectivity index (χ2v) is 5.74. The Morgan fingerprint density at radius 2 is 1.71 bits per heavy atom. The highest BCUT2D eigenvalue weighted by molar-refractivity contribution is 9.10. The molecule has 0 saturated heterocycles. The van der Waals surface area contributed by atoms with E-state index in [0.29, 0.717) is 27.6 Å². The molecule has 0 heterocycles. The highest BCUT2D eigenvalue weighted by Gasteiger charge is 2.17. The van der Waals surface area contributed by atoms with Crippen molar-refractivity contribution in [2.75, 3.05) is 14.2 Å². The average molecular weight is 370 g/mol. The van der Waals surface area contributed by atoms with Crippen LogP contribution < -0.4 is 9.47 Å². The van der Waals surface area contributed by atoms with E-state index >= 15 is 0 Å². The lowest BCUT2D eigenvalue weighted by Crippen LogP contribution is -2.05. The molecule has 2 rings (SSSR count). The van der Waals surface area contributed by atoms with Crippen LogP contribution in [0, 0.1) is 6.92 Å². The van der Waals surface area contributed by atoms with Gasteiger partial charge in [0, 0.05) is 15.6 Å². The van der Waals surface area contributed by atoms with E-state index in [1.54, 1.807) is 37.4 Å². The van der Waals surface area contributed by atoms with Crippen molar-refractivity contribution < 1.29 is 14.3 Å². The Bertz CT molecular complexity index is 698. The van der Waals surface area contributed by atoms with E-state index in [0.717, 1.165) is 10.0 Å². The molecule has 0 radical (unpaired) electrons. The molecule has 0 aliphatic rings. The second kappa shape index (κ2) is 6.50. The number of carbonyl (C=O) groups is 1. The van der Waals surface area contributed by atoms with Gasteiger partial charge in [-0.2, -0.15) is 0 Å². The Kier molecular flexibility index (Phi) is 4.91. The number of rotatable bonds is 4. The molecule has 0 aromatic heterocycles. The second-order valence-electron chi connectivity index (χ2n) is 4.48. The summed E-state index contributed by atoms with van der Waals surface area (Å²) in [5, 5.41) is 0.499. The fraction of sp³-hybridized carbons (Fsp3) is 0.188. The number of ether oxygens (including phenoxy) is 2. The van der Waals surface area contributed by atoms with Gasteiger partial charge in [-0.15, -0.1) is 0 Å². The Morgan fingerprint density at radius 3 is 2.29 bits per heavy atom. The fourth-order valence-electron chi connectivity index (χ4n) is 2.02. The molecule has 110 valence electrons. The van der Waals surface area contributed by atoms with Gasteiger partial charge >= 0.3 is 0 Å². The molecule has 0 fully saturated rings. The zero-order valence-electron chi connectivity index (χ0n) is 11.9. The summed E-state index contributed by atoms with van der Waals surface area (Å²) in [5.41, 5.74) is 1.90. The number of methoxy groups -OCH3 is 2. The SMILES string of the molecule is COc1cc(C)c(C(=O)c2ccc(Br)c(Cl)c2)cc1OC. The van der Waals surface area contributed by atoms with Gasteiger partial charge in [-0.1, -0.05) is 11.6 Å². The normalized spacial score (nSPS) is 10.3. The number of hydrogen-bond donors (Lipinski definition) is 0. The molecule has 0 amide bonds. The van der Waals surface area contributed by atoms with Gasteiger partial charge in [-0.25, -0.2) is 0 Å². The quantitative estimate of drug-likeness (QED) is 0.735. The van der Waals surface area contributed by atoms with Gasteiger partial charge in [0.1, 0.15) is 0 Å². The van der Waals surface area contributed by atoms with Gasteiger partial charge in [-0.05, 0) is 58.7 Å². The van der Waals surface area contributed by atoms with Crippen LogP contribution in [0.25, 0.3) is 0 Å². The summed E-state index contributed by atoms with van der Waals surface area (Å²) in [6.07, 6.45) is 0. The number of halogens is 2. The Balaban J connectivity index is 2.50. The van der Waals surface area contributed by atoms with Crippen molar-refractivity contribution in [1.29, 1.82) is 0 Å². The predicted octanol–water partition coefficient (Wildman–Crippen LogP) is 4.66. The zero-order chi connectivity index (χ0) is 15.6. The monoisotopic (exact) mass is 368 g/mol. The standard InChI is InChI=1S/C16H14BrClO3/c1-9-6-14(20-2)15(21-3)8-11(9)16(19)10-4-5-12(17)13(18)7-10/h4-8H,1-3H3. The number of carbonyl (C=O) groups excluding carboxylic acids is 1. The maximum absolute atomic E-state index is 12.6. The van der Waals surface area contributed by atoms with Gasteiger partial charge in [0.2, 0.25) is 0 Å². The van der Waals surface area contributed by atoms with E-state index in [1.165, 1.54) is 7.11 Å². The van der Waals surface area contributed by atoms with Crippen molar-refractivity contribution in [2.45, 2.75) is 6.92 Å².